The average Bonchev–Trinajstić information content (AvgIpc) is 2.36. The van der Waals surface area contributed by atoms with Crippen LogP contribution in [0.15, 0.2) is 0 Å². The Kier molecular flexibility index (Phi) is 8.63. The van der Waals surface area contributed by atoms with Crippen LogP contribution >= 0.6 is 0 Å². The van der Waals surface area contributed by atoms with Gasteiger partial charge in [0.1, 0.15) is 0 Å². The van der Waals surface area contributed by atoms with Gasteiger partial charge >= 0.3 is 0 Å². The maximum absolute atomic E-state index is 6.01. The first-order chi connectivity index (χ1) is 10.9. The fraction of sp³-hybridized carbons (Fsp3) is 1.00. The predicted octanol–water partition coefficient (Wildman–Crippen LogP) is 4.61. The van der Waals surface area contributed by atoms with E-state index in [1.54, 1.807) is 0 Å². The van der Waals surface area contributed by atoms with Crippen LogP contribution < -0.4 is 0 Å². The van der Waals surface area contributed by atoms with Gasteiger partial charge in [-0.05, 0) is 25.9 Å². The molecule has 2 atom stereocenters. The second-order valence-electron chi connectivity index (χ2n) is 9.89. The van der Waals surface area contributed by atoms with Gasteiger partial charge in [0, 0.05) is 35.8 Å². The van der Waals surface area contributed by atoms with E-state index in [2.05, 4.69) is 39.3 Å². The lowest BCUT2D eigenvalue weighted by Gasteiger charge is -2.40. The van der Waals surface area contributed by atoms with E-state index in [1.807, 2.05) is 13.8 Å². The Bertz CT molecular complexity index is 329. The molecule has 1 rings (SSSR count). The molecule has 0 aromatic carbocycles. The van der Waals surface area contributed by atoms with E-state index >= 15 is 0 Å². The first-order valence-corrected chi connectivity index (χ1v) is 16.8. The van der Waals surface area contributed by atoms with Crippen molar-refractivity contribution in [1.82, 2.24) is 0 Å². The summed E-state index contributed by atoms with van der Waals surface area (Å²) >= 11 is 0. The monoisotopic (exact) mass is 376 g/mol. The minimum absolute atomic E-state index is 0.0981. The molecule has 6 heteroatoms. The quantitative estimate of drug-likeness (QED) is 0.412. The maximum Gasteiger partial charge on any atom is 0.163 e. The summed E-state index contributed by atoms with van der Waals surface area (Å²) in [6.45, 7) is 21.2. The normalized spacial score (nSPS) is 25.0. The molecule has 1 saturated heterocycles. The third kappa shape index (κ3) is 11.0. The molecule has 0 unspecified atom stereocenters. The molecule has 1 aliphatic rings. The van der Waals surface area contributed by atoms with Crippen LogP contribution in [0.5, 0.6) is 0 Å². The summed E-state index contributed by atoms with van der Waals surface area (Å²) in [5.74, 6) is -0.558. The minimum atomic E-state index is -1.03. The van der Waals surface area contributed by atoms with Crippen LogP contribution in [0.25, 0.3) is 0 Å². The first kappa shape index (κ1) is 22.3. The number of hydrogen-bond acceptors (Lipinski definition) is 4. The highest BCUT2D eigenvalue weighted by atomic mass is 28.3. The predicted molar refractivity (Wildman–Crippen MR) is 106 cm³/mol. The third-order valence-corrected chi connectivity index (χ3v) is 7.44. The Morgan fingerprint density at radius 1 is 0.792 bits per heavy atom. The molecule has 0 saturated carbocycles. The highest BCUT2D eigenvalue weighted by Crippen LogP contribution is 2.27. The molecule has 1 aliphatic heterocycles. The van der Waals surface area contributed by atoms with Crippen LogP contribution in [0.3, 0.4) is 0 Å². The molecule has 144 valence electrons. The largest absolute Gasteiger partial charge is 0.379 e. The molecule has 0 aromatic rings. The molecule has 1 fully saturated rings. The molecule has 4 nitrogen and oxygen atoms in total. The second kappa shape index (κ2) is 9.28. The van der Waals surface area contributed by atoms with Crippen molar-refractivity contribution < 1.29 is 18.9 Å². The average molecular weight is 377 g/mol. The van der Waals surface area contributed by atoms with Gasteiger partial charge in [0.25, 0.3) is 0 Å². The summed E-state index contributed by atoms with van der Waals surface area (Å²) in [5.41, 5.74) is 0. The molecule has 24 heavy (non-hydrogen) atoms. The zero-order valence-corrected chi connectivity index (χ0v) is 19.2. The summed E-state index contributed by atoms with van der Waals surface area (Å²) in [4.78, 5) is 0. The van der Waals surface area contributed by atoms with E-state index in [4.69, 9.17) is 18.9 Å². The zero-order chi connectivity index (χ0) is 18.4. The smallest absolute Gasteiger partial charge is 0.163 e. The molecular weight excluding hydrogens is 336 g/mol. The summed E-state index contributed by atoms with van der Waals surface area (Å²) in [5, 5.41) is 0. The summed E-state index contributed by atoms with van der Waals surface area (Å²) in [6.07, 6.45) is 1.05. The van der Waals surface area contributed by atoms with Crippen LogP contribution in [-0.4, -0.2) is 60.6 Å². The van der Waals surface area contributed by atoms with E-state index in [0.717, 1.165) is 19.6 Å². The van der Waals surface area contributed by atoms with Crippen molar-refractivity contribution >= 4 is 16.1 Å². The first-order valence-electron chi connectivity index (χ1n) is 9.37. The lowest BCUT2D eigenvalue weighted by atomic mass is 10.1. The van der Waals surface area contributed by atoms with Gasteiger partial charge in [0.2, 0.25) is 0 Å². The fourth-order valence-electron chi connectivity index (χ4n) is 2.61. The molecule has 0 aromatic heterocycles. The van der Waals surface area contributed by atoms with Crippen molar-refractivity contribution in [3.8, 4) is 0 Å². The molecule has 0 radical (unpaired) electrons. The Labute approximate surface area is 151 Å². The lowest BCUT2D eigenvalue weighted by molar-refractivity contribution is -0.310. The molecule has 0 N–H and O–H groups in total. The van der Waals surface area contributed by atoms with Gasteiger partial charge in [-0.15, -0.1) is 0 Å². The van der Waals surface area contributed by atoms with E-state index in [1.165, 1.54) is 12.1 Å². The van der Waals surface area contributed by atoms with Gasteiger partial charge < -0.3 is 18.9 Å². The van der Waals surface area contributed by atoms with Crippen molar-refractivity contribution in [3.63, 3.8) is 0 Å². The highest BCUT2D eigenvalue weighted by Gasteiger charge is 2.35. The van der Waals surface area contributed by atoms with Crippen LogP contribution in [-0.2, 0) is 18.9 Å². The Hall–Kier alpha value is 0.274. The molecule has 0 bridgehead atoms. The Balaban J connectivity index is 2.32. The van der Waals surface area contributed by atoms with E-state index in [9.17, 15) is 0 Å². The SMILES string of the molecule is CC1(C)O[C@@H](COCC[Si](C)(C)C)C[C@H](COCC[Si](C)(C)C)O1. The lowest BCUT2D eigenvalue weighted by Crippen LogP contribution is -2.47. The maximum atomic E-state index is 6.01. The van der Waals surface area contributed by atoms with Gasteiger partial charge in [0.15, 0.2) is 5.79 Å². The van der Waals surface area contributed by atoms with E-state index in [0.29, 0.717) is 13.2 Å². The standard InChI is InChI=1S/C18H40O4Si2/c1-18(2)21-16(14-19-9-11-23(3,4)5)13-17(22-18)15-20-10-12-24(6,7)8/h16-17H,9-15H2,1-8H3/t16-,17-/m1/s1. The topological polar surface area (TPSA) is 36.9 Å². The molecule has 0 spiro atoms. The second-order valence-corrected chi connectivity index (χ2v) is 21.1. The number of hydrogen-bond donors (Lipinski definition) is 0. The number of ether oxygens (including phenoxy) is 4. The zero-order valence-electron chi connectivity index (χ0n) is 17.2. The summed E-state index contributed by atoms with van der Waals surface area (Å²) in [6, 6.07) is 2.39. The van der Waals surface area contributed by atoms with Gasteiger partial charge in [-0.3, -0.25) is 0 Å². The van der Waals surface area contributed by atoms with Crippen molar-refractivity contribution in [2.24, 2.45) is 0 Å². The van der Waals surface area contributed by atoms with Crippen LogP contribution in [0, 0.1) is 0 Å². The van der Waals surface area contributed by atoms with Gasteiger partial charge in [0.05, 0.1) is 25.4 Å². The van der Waals surface area contributed by atoms with Crippen LogP contribution in [0.1, 0.15) is 20.3 Å². The Morgan fingerprint density at radius 2 is 1.17 bits per heavy atom. The van der Waals surface area contributed by atoms with E-state index < -0.39 is 21.9 Å². The van der Waals surface area contributed by atoms with Crippen LogP contribution in [0.4, 0.5) is 0 Å². The van der Waals surface area contributed by atoms with Gasteiger partial charge in [-0.2, -0.15) is 0 Å². The third-order valence-electron chi connectivity index (χ3n) is 4.03. The molecule has 1 heterocycles. The van der Waals surface area contributed by atoms with Gasteiger partial charge in [-0.25, -0.2) is 0 Å². The molecule has 0 aliphatic carbocycles. The van der Waals surface area contributed by atoms with E-state index in [-0.39, 0.29) is 12.2 Å². The molecular formula is C18H40O4Si2. The van der Waals surface area contributed by atoms with Gasteiger partial charge in [-0.1, -0.05) is 39.3 Å². The van der Waals surface area contributed by atoms with Crippen molar-refractivity contribution in [3.05, 3.63) is 0 Å². The Morgan fingerprint density at radius 3 is 1.50 bits per heavy atom. The van der Waals surface area contributed by atoms with Crippen LogP contribution in [0.2, 0.25) is 51.4 Å². The fourth-order valence-corrected chi connectivity index (χ4v) is 4.12. The van der Waals surface area contributed by atoms with Crippen molar-refractivity contribution in [2.45, 2.75) is 89.6 Å². The van der Waals surface area contributed by atoms with Crippen molar-refractivity contribution in [1.29, 1.82) is 0 Å². The summed E-state index contributed by atoms with van der Waals surface area (Å²) in [7, 11) is -2.06. The molecule has 0 amide bonds. The summed E-state index contributed by atoms with van der Waals surface area (Å²) < 4.78 is 23.8. The number of rotatable bonds is 10. The highest BCUT2D eigenvalue weighted by molar-refractivity contribution is 6.76. The van der Waals surface area contributed by atoms with Crippen molar-refractivity contribution in [2.75, 3.05) is 26.4 Å². The minimum Gasteiger partial charge on any atom is -0.379 e.